The zero-order valence-corrected chi connectivity index (χ0v) is 14.0. The van der Waals surface area contributed by atoms with E-state index in [2.05, 4.69) is 40.7 Å². The molecule has 0 unspecified atom stereocenters. The first kappa shape index (κ1) is 16.1. The third-order valence-corrected chi connectivity index (χ3v) is 4.01. The molecule has 24 heavy (non-hydrogen) atoms. The number of nitrogens with zero attached hydrogens (tertiary/aromatic N) is 3. The number of furan rings is 1. The molecule has 5 nitrogen and oxygen atoms in total. The highest BCUT2D eigenvalue weighted by Gasteiger charge is 2.18. The summed E-state index contributed by atoms with van der Waals surface area (Å²) < 4.78 is 7.29. The number of hydrogen-bond acceptors (Lipinski definition) is 3. The minimum atomic E-state index is -0.118. The van der Waals surface area contributed by atoms with E-state index in [1.165, 1.54) is 17.4 Å². The minimum absolute atomic E-state index is 0.118. The number of amides is 1. The zero-order valence-electron chi connectivity index (χ0n) is 14.0. The highest BCUT2D eigenvalue weighted by atomic mass is 16.3. The first-order chi connectivity index (χ1) is 11.7. The van der Waals surface area contributed by atoms with Gasteiger partial charge in [-0.1, -0.05) is 29.8 Å². The van der Waals surface area contributed by atoms with Crippen LogP contribution in [0.3, 0.4) is 0 Å². The third kappa shape index (κ3) is 3.56. The molecule has 0 spiro atoms. The molecule has 0 saturated carbocycles. The number of carbonyl (C=O) groups is 1. The number of benzene rings is 1. The maximum absolute atomic E-state index is 12.5. The molecule has 0 fully saturated rings. The molecule has 3 rings (SSSR count). The van der Waals surface area contributed by atoms with Crippen molar-refractivity contribution in [1.82, 2.24) is 14.5 Å². The normalized spacial score (nSPS) is 10.8. The zero-order chi connectivity index (χ0) is 16.9. The highest BCUT2D eigenvalue weighted by Crippen LogP contribution is 2.12. The number of aryl methyl sites for hydroxylation is 1. The van der Waals surface area contributed by atoms with Gasteiger partial charge >= 0.3 is 0 Å². The van der Waals surface area contributed by atoms with Crippen LogP contribution in [0.25, 0.3) is 0 Å². The highest BCUT2D eigenvalue weighted by molar-refractivity contribution is 5.91. The van der Waals surface area contributed by atoms with Crippen molar-refractivity contribution in [2.45, 2.75) is 26.9 Å². The molecular weight excluding hydrogens is 302 g/mol. The van der Waals surface area contributed by atoms with E-state index in [4.69, 9.17) is 4.42 Å². The Labute approximate surface area is 141 Å². The van der Waals surface area contributed by atoms with Gasteiger partial charge in [0.25, 0.3) is 5.91 Å². The molecule has 3 aromatic rings. The van der Waals surface area contributed by atoms with Gasteiger partial charge in [0.2, 0.25) is 0 Å². The lowest BCUT2D eigenvalue weighted by atomic mass is 10.1. The van der Waals surface area contributed by atoms with Gasteiger partial charge in [-0.2, -0.15) is 0 Å². The second kappa shape index (κ2) is 7.17. The van der Waals surface area contributed by atoms with Gasteiger partial charge in [0.05, 0.1) is 12.8 Å². The summed E-state index contributed by atoms with van der Waals surface area (Å²) in [5.41, 5.74) is 2.45. The number of carbonyl (C=O) groups excluding carboxylic acids is 1. The van der Waals surface area contributed by atoms with Crippen molar-refractivity contribution in [3.8, 4) is 0 Å². The van der Waals surface area contributed by atoms with Crippen LogP contribution in [0.1, 0.15) is 34.4 Å². The fourth-order valence-corrected chi connectivity index (χ4v) is 2.58. The summed E-state index contributed by atoms with van der Waals surface area (Å²) in [4.78, 5) is 18.6. The van der Waals surface area contributed by atoms with Crippen LogP contribution in [0.4, 0.5) is 0 Å². The Morgan fingerprint density at radius 3 is 2.71 bits per heavy atom. The third-order valence-electron chi connectivity index (χ3n) is 4.01. The molecule has 124 valence electrons. The monoisotopic (exact) mass is 323 g/mol. The fraction of sp³-hybridized carbons (Fsp3) is 0.263. The van der Waals surface area contributed by atoms with E-state index in [1.54, 1.807) is 23.2 Å². The molecule has 0 aliphatic rings. The molecule has 2 heterocycles. The van der Waals surface area contributed by atoms with E-state index in [0.717, 1.165) is 12.4 Å². The van der Waals surface area contributed by atoms with Gasteiger partial charge in [-0.25, -0.2) is 4.98 Å². The van der Waals surface area contributed by atoms with Crippen LogP contribution in [0.5, 0.6) is 0 Å². The Morgan fingerprint density at radius 1 is 1.25 bits per heavy atom. The molecule has 0 radical (unpaired) electrons. The smallest absolute Gasteiger partial charge is 0.289 e. The van der Waals surface area contributed by atoms with Crippen LogP contribution in [-0.4, -0.2) is 26.9 Å². The van der Waals surface area contributed by atoms with Crippen molar-refractivity contribution in [3.05, 3.63) is 77.8 Å². The Bertz CT molecular complexity index is 788. The van der Waals surface area contributed by atoms with E-state index in [1.807, 2.05) is 13.1 Å². The van der Waals surface area contributed by atoms with E-state index >= 15 is 0 Å². The topological polar surface area (TPSA) is 51.3 Å². The average molecular weight is 323 g/mol. The molecular formula is C19H21N3O2. The lowest BCUT2D eigenvalue weighted by Crippen LogP contribution is -2.31. The van der Waals surface area contributed by atoms with Gasteiger partial charge in [0.1, 0.15) is 5.82 Å². The van der Waals surface area contributed by atoms with Gasteiger partial charge in [0, 0.05) is 25.5 Å². The molecule has 0 atom stereocenters. The predicted molar refractivity (Wildman–Crippen MR) is 91.6 cm³/mol. The Balaban J connectivity index is 1.74. The van der Waals surface area contributed by atoms with Crippen molar-refractivity contribution in [1.29, 1.82) is 0 Å². The largest absolute Gasteiger partial charge is 0.459 e. The molecule has 0 aliphatic heterocycles. The summed E-state index contributed by atoms with van der Waals surface area (Å²) in [5, 5.41) is 0. The molecule has 1 aromatic carbocycles. The quantitative estimate of drug-likeness (QED) is 0.697. The molecule has 0 saturated heterocycles. The van der Waals surface area contributed by atoms with Crippen molar-refractivity contribution >= 4 is 5.91 Å². The van der Waals surface area contributed by atoms with Crippen LogP contribution >= 0.6 is 0 Å². The number of aromatic nitrogens is 2. The molecule has 5 heteroatoms. The maximum Gasteiger partial charge on any atom is 0.289 e. The minimum Gasteiger partial charge on any atom is -0.459 e. The first-order valence-corrected chi connectivity index (χ1v) is 8.05. The van der Waals surface area contributed by atoms with Crippen molar-refractivity contribution in [2.75, 3.05) is 6.54 Å². The fourth-order valence-electron chi connectivity index (χ4n) is 2.58. The van der Waals surface area contributed by atoms with Gasteiger partial charge in [0.15, 0.2) is 5.76 Å². The number of rotatable bonds is 6. The SMILES string of the molecule is CCN(Cc1nccn1Cc1ccc(C)cc1)C(=O)c1ccco1. The molecule has 0 bridgehead atoms. The number of hydrogen-bond donors (Lipinski definition) is 0. The number of imidazole rings is 1. The Kier molecular flexibility index (Phi) is 4.79. The van der Waals surface area contributed by atoms with Crippen LogP contribution in [0, 0.1) is 6.92 Å². The summed E-state index contributed by atoms with van der Waals surface area (Å²) in [5.74, 6) is 1.10. The second-order valence-corrected chi connectivity index (χ2v) is 5.75. The first-order valence-electron chi connectivity index (χ1n) is 8.05. The van der Waals surface area contributed by atoms with E-state index in [0.29, 0.717) is 18.8 Å². The van der Waals surface area contributed by atoms with Gasteiger partial charge < -0.3 is 13.9 Å². The van der Waals surface area contributed by atoms with Crippen molar-refractivity contribution in [3.63, 3.8) is 0 Å². The Hall–Kier alpha value is -2.82. The lowest BCUT2D eigenvalue weighted by molar-refractivity contribution is 0.0714. The second-order valence-electron chi connectivity index (χ2n) is 5.75. The van der Waals surface area contributed by atoms with Gasteiger partial charge in [-0.3, -0.25) is 4.79 Å². The van der Waals surface area contributed by atoms with Crippen LogP contribution < -0.4 is 0 Å². The van der Waals surface area contributed by atoms with E-state index < -0.39 is 0 Å². The summed E-state index contributed by atoms with van der Waals surface area (Å²) in [6.07, 6.45) is 5.23. The summed E-state index contributed by atoms with van der Waals surface area (Å²) in [7, 11) is 0. The molecule has 1 amide bonds. The van der Waals surface area contributed by atoms with Crippen LogP contribution in [0.15, 0.2) is 59.5 Å². The molecule has 0 aliphatic carbocycles. The van der Waals surface area contributed by atoms with Crippen molar-refractivity contribution < 1.29 is 9.21 Å². The Morgan fingerprint density at radius 2 is 2.04 bits per heavy atom. The van der Waals surface area contributed by atoms with E-state index in [9.17, 15) is 4.79 Å². The standard InChI is InChI=1S/C19H21N3O2/c1-3-21(19(23)17-5-4-12-24-17)14-18-20-10-11-22(18)13-16-8-6-15(2)7-9-16/h4-12H,3,13-14H2,1-2H3. The van der Waals surface area contributed by atoms with Gasteiger partial charge in [-0.15, -0.1) is 0 Å². The lowest BCUT2D eigenvalue weighted by Gasteiger charge is -2.20. The molecule has 0 N–H and O–H groups in total. The summed E-state index contributed by atoms with van der Waals surface area (Å²) in [6, 6.07) is 11.8. The maximum atomic E-state index is 12.5. The predicted octanol–water partition coefficient (Wildman–Crippen LogP) is 3.50. The molecule has 2 aromatic heterocycles. The summed E-state index contributed by atoms with van der Waals surface area (Å²) in [6.45, 7) is 5.81. The average Bonchev–Trinajstić information content (AvgIpc) is 3.26. The summed E-state index contributed by atoms with van der Waals surface area (Å²) >= 11 is 0. The van der Waals surface area contributed by atoms with Gasteiger partial charge in [-0.05, 0) is 31.5 Å². The van der Waals surface area contributed by atoms with Crippen molar-refractivity contribution in [2.24, 2.45) is 0 Å². The van der Waals surface area contributed by atoms with Crippen LogP contribution in [0.2, 0.25) is 0 Å². The van der Waals surface area contributed by atoms with E-state index in [-0.39, 0.29) is 5.91 Å². The van der Waals surface area contributed by atoms with Crippen LogP contribution in [-0.2, 0) is 13.1 Å².